The van der Waals surface area contributed by atoms with Gasteiger partial charge in [-0.1, -0.05) is 56.4 Å². The number of amides is 1. The van der Waals surface area contributed by atoms with Crippen LogP contribution in [0.15, 0.2) is 134 Å². The van der Waals surface area contributed by atoms with E-state index in [9.17, 15) is 68.6 Å². The number of nitrogens with two attached hydrogens (primary N) is 1. The predicted octanol–water partition coefficient (Wildman–Crippen LogP) is 5.12. The van der Waals surface area contributed by atoms with Crippen molar-refractivity contribution in [3.63, 3.8) is 0 Å². The van der Waals surface area contributed by atoms with Gasteiger partial charge in [-0.05, 0) is 81.3 Å². The Morgan fingerprint density at radius 3 is 2.16 bits per heavy atom. The number of hydrogen-bond acceptors (Lipinski definition) is 19. The molecule has 29 nitrogen and oxygen atoms in total. The summed E-state index contributed by atoms with van der Waals surface area (Å²) in [6.07, 6.45) is 9.71. The van der Waals surface area contributed by atoms with E-state index < -0.39 is 103 Å². The van der Waals surface area contributed by atoms with E-state index in [1.807, 2.05) is 69.6 Å². The maximum Gasteiger partial charge on any atom is 0.490 e. The average molecular weight is 1280 g/mol. The molecule has 1 aromatic heterocycles. The standard InChI is InChI=1S/C51H61N6O23P3S2/c1-6-55-39-22-20-35(84(69,70)71)25-37(39)50(2,3)43(55)13-9-7-10-14-44-51(4,5)38-26-36(85(72,73)74)21-23-40(38)56(44)29-32-16-18-33(19-17-32)48(60)75-24-12-8-11-15-45(58)53-28-34-30-57(49(61)54-47(34)59)46-27-41(78-52)42(77-46)31-76-82(65,66)80-83(67,68)79-81(62,63)64/h7-10,12-14,16-23,25-26,30,41-42,46H,6,11,15,24,27-29,31,52H2,1-5H3,(H7-,53,54,58,59,61,62,63,64,65,66,67,68,69,70,71,72,73,74)/p+1/b12-8+/t41-,42-,46-/m1/s1. The van der Waals surface area contributed by atoms with Crippen LogP contribution in [0.1, 0.15) is 92.7 Å². The normalized spacial score (nSPS) is 20.5. The second-order valence-corrected chi connectivity index (χ2v) is 27.7. The number of anilines is 1. The van der Waals surface area contributed by atoms with Gasteiger partial charge in [-0.15, -0.1) is 0 Å². The lowest BCUT2D eigenvalue weighted by atomic mass is 9.81. The molecular formula is C51H62N6O23P3S2+. The number of ether oxygens (including phenoxy) is 2. The molecule has 460 valence electrons. The van der Waals surface area contributed by atoms with Gasteiger partial charge in [0.15, 0.2) is 12.3 Å². The van der Waals surface area contributed by atoms with Gasteiger partial charge in [-0.2, -0.15) is 30.0 Å². The summed E-state index contributed by atoms with van der Waals surface area (Å²) in [5.41, 5.74) is 2.32. The molecule has 4 heterocycles. The number of hydrogen-bond donors (Lipinski definition) is 9. The molecule has 0 spiro atoms. The molecule has 0 radical (unpaired) electrons. The number of carbonyl (C=O) groups is 2. The Balaban J connectivity index is 0.928. The van der Waals surface area contributed by atoms with Crippen molar-refractivity contribution in [2.75, 3.05) is 24.7 Å². The lowest BCUT2D eigenvalue weighted by Gasteiger charge is -2.25. The van der Waals surface area contributed by atoms with Gasteiger partial charge in [-0.3, -0.25) is 37.6 Å². The summed E-state index contributed by atoms with van der Waals surface area (Å²) in [6, 6.07) is 15.6. The summed E-state index contributed by atoms with van der Waals surface area (Å²) < 4.78 is 129. The van der Waals surface area contributed by atoms with Crippen LogP contribution >= 0.6 is 23.5 Å². The Bertz CT molecular complexity index is 3930. The molecule has 7 rings (SSSR count). The van der Waals surface area contributed by atoms with E-state index in [1.54, 1.807) is 42.5 Å². The van der Waals surface area contributed by atoms with Crippen molar-refractivity contribution in [1.82, 2.24) is 14.9 Å². The highest BCUT2D eigenvalue weighted by molar-refractivity contribution is 7.86. The Morgan fingerprint density at radius 2 is 1.53 bits per heavy atom. The number of esters is 1. The van der Waals surface area contributed by atoms with E-state index in [2.05, 4.69) is 28.3 Å². The summed E-state index contributed by atoms with van der Waals surface area (Å²) >= 11 is 0. The van der Waals surface area contributed by atoms with Crippen LogP contribution in [0.25, 0.3) is 0 Å². The number of phosphoric ester groups is 1. The highest BCUT2D eigenvalue weighted by atomic mass is 32.2. The lowest BCUT2D eigenvalue weighted by molar-refractivity contribution is -0.455. The molecule has 5 atom stereocenters. The summed E-state index contributed by atoms with van der Waals surface area (Å²) in [4.78, 5) is 96.3. The summed E-state index contributed by atoms with van der Waals surface area (Å²) in [7, 11) is -26.0. The smallest absolute Gasteiger partial charge is 0.458 e. The molecule has 0 saturated carbocycles. The molecule has 1 saturated heterocycles. The zero-order valence-corrected chi connectivity index (χ0v) is 50.3. The van der Waals surface area contributed by atoms with Crippen molar-refractivity contribution in [1.29, 1.82) is 0 Å². The number of aromatic amines is 1. The minimum Gasteiger partial charge on any atom is -0.458 e. The quantitative estimate of drug-likeness (QED) is 0.00790. The highest BCUT2D eigenvalue weighted by Gasteiger charge is 2.46. The number of H-pyrrole nitrogens is 1. The highest BCUT2D eigenvalue weighted by Crippen LogP contribution is 2.66. The third-order valence-corrected chi connectivity index (χ3v) is 19.4. The molecule has 4 aromatic rings. The fourth-order valence-electron chi connectivity index (χ4n) is 9.82. The van der Waals surface area contributed by atoms with Crippen LogP contribution in [-0.4, -0.2) is 109 Å². The maximum absolute atomic E-state index is 13.1. The van der Waals surface area contributed by atoms with Crippen molar-refractivity contribution in [3.8, 4) is 0 Å². The number of rotatable bonds is 25. The molecule has 3 aliphatic rings. The van der Waals surface area contributed by atoms with Crippen molar-refractivity contribution in [3.05, 3.63) is 164 Å². The van der Waals surface area contributed by atoms with E-state index in [1.165, 1.54) is 30.3 Å². The molecule has 2 unspecified atom stereocenters. The largest absolute Gasteiger partial charge is 0.490 e. The number of nitrogens with zero attached hydrogens (tertiary/aromatic N) is 3. The third kappa shape index (κ3) is 16.3. The van der Waals surface area contributed by atoms with E-state index in [0.717, 1.165) is 39.0 Å². The number of nitrogens with one attached hydrogen (secondary N) is 2. The van der Waals surface area contributed by atoms with Crippen LogP contribution in [0.4, 0.5) is 11.4 Å². The molecule has 34 heteroatoms. The van der Waals surface area contributed by atoms with E-state index in [0.29, 0.717) is 17.8 Å². The monoisotopic (exact) mass is 1280 g/mol. The Hall–Kier alpha value is -6.18. The van der Waals surface area contributed by atoms with Gasteiger partial charge in [0.25, 0.3) is 25.8 Å². The molecular weight excluding hydrogens is 1220 g/mol. The summed E-state index contributed by atoms with van der Waals surface area (Å²) in [6.45, 7) is 9.21. The first-order valence-corrected chi connectivity index (χ1v) is 33.0. The molecule has 1 amide bonds. The molecule has 1 fully saturated rings. The predicted molar refractivity (Wildman–Crippen MR) is 302 cm³/mol. The van der Waals surface area contributed by atoms with Gasteiger partial charge in [0, 0.05) is 72.2 Å². The summed E-state index contributed by atoms with van der Waals surface area (Å²) in [5.74, 6) is 4.18. The van der Waals surface area contributed by atoms with Gasteiger partial charge in [0.05, 0.1) is 32.9 Å². The molecule has 0 bridgehead atoms. The number of phosphoric acid groups is 3. The third-order valence-electron chi connectivity index (χ3n) is 13.9. The number of benzene rings is 3. The van der Waals surface area contributed by atoms with Crippen molar-refractivity contribution < 1.29 is 101 Å². The van der Waals surface area contributed by atoms with Crippen LogP contribution in [0.2, 0.25) is 0 Å². The maximum atomic E-state index is 13.1. The number of allylic oxidation sites excluding steroid dienone is 7. The Labute approximate surface area is 486 Å². The van der Waals surface area contributed by atoms with E-state index in [-0.39, 0.29) is 59.9 Å². The van der Waals surface area contributed by atoms with Crippen LogP contribution in [-0.2, 0) is 90.1 Å². The lowest BCUT2D eigenvalue weighted by Crippen LogP contribution is -2.36. The SMILES string of the molecule is CCN1C(=CC=CC=CC2=[N+](Cc3ccc(C(=O)OC/C=C/CCC(=O)NCc4cn([C@H]5C[C@@H](ON)[C@@H](COP(=O)(O)OP(=O)(O)OP(=O)(O)O)O5)c(=O)[nH]c4=O)cc3)c3ccc(S(=O)(=O)O)cc3C2(C)C)C(C)(C)c2cc(S(=O)(=O)O)ccc21. The number of fused-ring (bicyclic) bond motifs is 2. The van der Waals surface area contributed by atoms with Crippen molar-refractivity contribution in [2.24, 2.45) is 5.90 Å². The average Bonchev–Trinajstić information content (AvgIpc) is 1.99. The number of aromatic nitrogens is 2. The first kappa shape index (κ1) is 66.3. The molecule has 3 aliphatic heterocycles. The minimum absolute atomic E-state index is 0.0648. The Morgan fingerprint density at radius 1 is 0.871 bits per heavy atom. The molecule has 10 N–H and O–H groups in total. The first-order chi connectivity index (χ1) is 39.5. The number of likely N-dealkylation sites (N-methyl/N-ethyl adjacent to an activating group) is 1. The Kier molecular flexibility index (Phi) is 20.3. The van der Waals surface area contributed by atoms with Gasteiger partial charge < -0.3 is 39.3 Å². The van der Waals surface area contributed by atoms with Crippen molar-refractivity contribution in [2.45, 2.75) is 106 Å². The van der Waals surface area contributed by atoms with Gasteiger partial charge in [0.2, 0.25) is 11.6 Å². The van der Waals surface area contributed by atoms with Crippen LogP contribution in [0, 0.1) is 0 Å². The van der Waals surface area contributed by atoms with Crippen molar-refractivity contribution >= 4 is 72.7 Å². The van der Waals surface area contributed by atoms with E-state index >= 15 is 0 Å². The number of carbonyl (C=O) groups excluding carboxylic acids is 2. The molecule has 3 aromatic carbocycles. The molecule has 0 aliphatic carbocycles. The zero-order valence-electron chi connectivity index (χ0n) is 46.0. The second kappa shape index (κ2) is 26.0. The van der Waals surface area contributed by atoms with Crippen LogP contribution < -0.4 is 27.4 Å². The fourth-order valence-corrected chi connectivity index (χ4v) is 13.9. The summed E-state index contributed by atoms with van der Waals surface area (Å²) in [5, 5.41) is 2.55. The van der Waals surface area contributed by atoms with E-state index in [4.69, 9.17) is 30.0 Å². The fraction of sp³-hybridized carbons (Fsp3) is 0.353. The van der Waals surface area contributed by atoms with Gasteiger partial charge in [0.1, 0.15) is 25.0 Å². The second-order valence-electron chi connectivity index (χ2n) is 20.4. The zero-order chi connectivity index (χ0) is 62.7. The van der Waals surface area contributed by atoms with Gasteiger partial charge >= 0.3 is 35.1 Å². The topological polar surface area (TPSA) is 430 Å². The van der Waals surface area contributed by atoms with Gasteiger partial charge in [-0.25, -0.2) is 29.2 Å². The first-order valence-electron chi connectivity index (χ1n) is 25.6. The molecule has 85 heavy (non-hydrogen) atoms. The van der Waals surface area contributed by atoms with Crippen LogP contribution in [0.3, 0.4) is 0 Å². The minimum atomic E-state index is -5.82. The van der Waals surface area contributed by atoms with Crippen LogP contribution in [0.5, 0.6) is 0 Å².